The fourth-order valence-corrected chi connectivity index (χ4v) is 2.34. The molecule has 2 saturated carbocycles. The average molecular weight is 260 g/mol. The SMILES string of the molecule is CCCNc1cc(NCC2CC2C)nc(C2CC2)n1. The van der Waals surface area contributed by atoms with Crippen LogP contribution in [-0.4, -0.2) is 23.1 Å². The van der Waals surface area contributed by atoms with Crippen LogP contribution in [0.25, 0.3) is 0 Å². The van der Waals surface area contributed by atoms with Crippen molar-refractivity contribution in [3.63, 3.8) is 0 Å². The molecule has 0 aromatic carbocycles. The zero-order valence-corrected chi connectivity index (χ0v) is 11.9. The monoisotopic (exact) mass is 260 g/mol. The van der Waals surface area contributed by atoms with E-state index in [1.165, 1.54) is 19.3 Å². The lowest BCUT2D eigenvalue weighted by Crippen LogP contribution is -2.10. The molecule has 2 aliphatic rings. The first-order valence-electron chi connectivity index (χ1n) is 7.63. The van der Waals surface area contributed by atoms with Crippen molar-refractivity contribution in [1.29, 1.82) is 0 Å². The van der Waals surface area contributed by atoms with Gasteiger partial charge < -0.3 is 10.6 Å². The maximum atomic E-state index is 4.67. The van der Waals surface area contributed by atoms with Gasteiger partial charge in [0.2, 0.25) is 0 Å². The fourth-order valence-electron chi connectivity index (χ4n) is 2.34. The highest BCUT2D eigenvalue weighted by Gasteiger charge is 2.32. The van der Waals surface area contributed by atoms with E-state index >= 15 is 0 Å². The predicted octanol–water partition coefficient (Wildman–Crippen LogP) is 3.24. The minimum absolute atomic E-state index is 0.601. The summed E-state index contributed by atoms with van der Waals surface area (Å²) < 4.78 is 0. The largest absolute Gasteiger partial charge is 0.370 e. The maximum absolute atomic E-state index is 4.67. The molecule has 1 heterocycles. The van der Waals surface area contributed by atoms with Gasteiger partial charge in [-0.2, -0.15) is 0 Å². The first-order chi connectivity index (χ1) is 9.26. The van der Waals surface area contributed by atoms with Crippen LogP contribution in [0.15, 0.2) is 6.07 Å². The molecule has 0 radical (unpaired) electrons. The van der Waals surface area contributed by atoms with Crippen LogP contribution >= 0.6 is 0 Å². The van der Waals surface area contributed by atoms with E-state index in [9.17, 15) is 0 Å². The summed E-state index contributed by atoms with van der Waals surface area (Å²) in [5.74, 6) is 5.32. The van der Waals surface area contributed by atoms with Crippen molar-refractivity contribution in [2.24, 2.45) is 11.8 Å². The number of hydrogen-bond acceptors (Lipinski definition) is 4. The van der Waals surface area contributed by atoms with Gasteiger partial charge in [0.25, 0.3) is 0 Å². The minimum Gasteiger partial charge on any atom is -0.370 e. The molecule has 0 spiro atoms. The van der Waals surface area contributed by atoms with E-state index in [0.29, 0.717) is 5.92 Å². The molecular weight excluding hydrogens is 236 g/mol. The van der Waals surface area contributed by atoms with Crippen LogP contribution in [0.5, 0.6) is 0 Å². The zero-order chi connectivity index (χ0) is 13.2. The van der Waals surface area contributed by atoms with Crippen LogP contribution in [0, 0.1) is 11.8 Å². The molecule has 2 N–H and O–H groups in total. The van der Waals surface area contributed by atoms with Crippen molar-refractivity contribution in [3.05, 3.63) is 11.9 Å². The van der Waals surface area contributed by atoms with Gasteiger partial charge in [-0.15, -0.1) is 0 Å². The predicted molar refractivity (Wildman–Crippen MR) is 78.5 cm³/mol. The lowest BCUT2D eigenvalue weighted by atomic mass is 10.3. The van der Waals surface area contributed by atoms with Crippen LogP contribution in [0.4, 0.5) is 11.6 Å². The molecule has 3 rings (SSSR count). The quantitative estimate of drug-likeness (QED) is 0.790. The third kappa shape index (κ3) is 3.37. The number of nitrogens with one attached hydrogen (secondary N) is 2. The van der Waals surface area contributed by atoms with E-state index < -0.39 is 0 Å². The summed E-state index contributed by atoms with van der Waals surface area (Å²) in [6, 6.07) is 2.05. The topological polar surface area (TPSA) is 49.8 Å². The summed E-state index contributed by atoms with van der Waals surface area (Å²) in [4.78, 5) is 9.29. The first kappa shape index (κ1) is 12.7. The number of hydrogen-bond donors (Lipinski definition) is 2. The van der Waals surface area contributed by atoms with Gasteiger partial charge in [0, 0.05) is 25.1 Å². The molecule has 104 valence electrons. The molecule has 19 heavy (non-hydrogen) atoms. The van der Waals surface area contributed by atoms with E-state index in [1.54, 1.807) is 0 Å². The lowest BCUT2D eigenvalue weighted by Gasteiger charge is -2.10. The average Bonchev–Trinajstić information content (AvgIpc) is 3.30. The smallest absolute Gasteiger partial charge is 0.136 e. The second kappa shape index (κ2) is 5.35. The summed E-state index contributed by atoms with van der Waals surface area (Å²) in [5, 5.41) is 6.86. The maximum Gasteiger partial charge on any atom is 0.136 e. The summed E-state index contributed by atoms with van der Waals surface area (Å²) >= 11 is 0. The number of rotatable bonds is 7. The molecule has 2 aliphatic carbocycles. The van der Waals surface area contributed by atoms with Gasteiger partial charge >= 0.3 is 0 Å². The molecular formula is C15H24N4. The molecule has 2 unspecified atom stereocenters. The van der Waals surface area contributed by atoms with E-state index in [2.05, 4.69) is 40.5 Å². The molecule has 2 atom stereocenters. The Morgan fingerprint density at radius 1 is 1.21 bits per heavy atom. The molecule has 0 amide bonds. The Morgan fingerprint density at radius 3 is 2.47 bits per heavy atom. The van der Waals surface area contributed by atoms with Crippen molar-refractivity contribution < 1.29 is 0 Å². The van der Waals surface area contributed by atoms with Gasteiger partial charge in [0.15, 0.2) is 0 Å². The van der Waals surface area contributed by atoms with Crippen molar-refractivity contribution in [3.8, 4) is 0 Å². The number of aromatic nitrogens is 2. The van der Waals surface area contributed by atoms with Crippen molar-refractivity contribution in [1.82, 2.24) is 9.97 Å². The van der Waals surface area contributed by atoms with Crippen LogP contribution in [0.3, 0.4) is 0 Å². The van der Waals surface area contributed by atoms with Crippen LogP contribution < -0.4 is 10.6 Å². The van der Waals surface area contributed by atoms with Crippen molar-refractivity contribution in [2.45, 2.75) is 45.4 Å². The highest BCUT2D eigenvalue weighted by atomic mass is 15.1. The molecule has 4 nitrogen and oxygen atoms in total. The number of nitrogens with zero attached hydrogens (tertiary/aromatic N) is 2. The van der Waals surface area contributed by atoms with Gasteiger partial charge in [-0.3, -0.25) is 0 Å². The molecule has 2 fully saturated rings. The third-order valence-corrected chi connectivity index (χ3v) is 4.06. The summed E-state index contributed by atoms with van der Waals surface area (Å²) in [6.07, 6.45) is 4.96. The molecule has 1 aromatic rings. The molecule has 0 aliphatic heterocycles. The van der Waals surface area contributed by atoms with Gasteiger partial charge in [-0.05, 0) is 37.5 Å². The van der Waals surface area contributed by atoms with Crippen molar-refractivity contribution in [2.75, 3.05) is 23.7 Å². The number of anilines is 2. The first-order valence-corrected chi connectivity index (χ1v) is 7.63. The van der Waals surface area contributed by atoms with Crippen LogP contribution in [0.1, 0.15) is 51.3 Å². The highest BCUT2D eigenvalue weighted by molar-refractivity contribution is 5.48. The fraction of sp³-hybridized carbons (Fsp3) is 0.733. The van der Waals surface area contributed by atoms with E-state index in [-0.39, 0.29) is 0 Å². The minimum atomic E-state index is 0.601. The Hall–Kier alpha value is -1.32. The Labute approximate surface area is 115 Å². The Morgan fingerprint density at radius 2 is 1.89 bits per heavy atom. The molecule has 4 heteroatoms. The molecule has 0 bridgehead atoms. The Kier molecular flexibility index (Phi) is 3.58. The van der Waals surface area contributed by atoms with Gasteiger partial charge in [0.05, 0.1) is 0 Å². The lowest BCUT2D eigenvalue weighted by molar-refractivity contribution is 0.781. The van der Waals surface area contributed by atoms with E-state index in [4.69, 9.17) is 0 Å². The van der Waals surface area contributed by atoms with Gasteiger partial charge in [0.1, 0.15) is 17.5 Å². The highest BCUT2D eigenvalue weighted by Crippen LogP contribution is 2.39. The van der Waals surface area contributed by atoms with Crippen molar-refractivity contribution >= 4 is 11.6 Å². The Balaban J connectivity index is 1.67. The summed E-state index contributed by atoms with van der Waals surface area (Å²) in [6.45, 7) is 6.51. The van der Waals surface area contributed by atoms with E-state index in [1.807, 2.05) is 0 Å². The third-order valence-electron chi connectivity index (χ3n) is 4.06. The second-order valence-corrected chi connectivity index (χ2v) is 6.05. The van der Waals surface area contributed by atoms with E-state index in [0.717, 1.165) is 48.8 Å². The normalized spacial score (nSPS) is 25.2. The summed E-state index contributed by atoms with van der Waals surface area (Å²) in [7, 11) is 0. The van der Waals surface area contributed by atoms with Crippen LogP contribution in [0.2, 0.25) is 0 Å². The zero-order valence-electron chi connectivity index (χ0n) is 11.9. The van der Waals surface area contributed by atoms with Gasteiger partial charge in [-0.1, -0.05) is 13.8 Å². The van der Waals surface area contributed by atoms with Crippen LogP contribution in [-0.2, 0) is 0 Å². The standard InChI is InChI=1S/C15H24N4/c1-3-6-16-13-8-14(17-9-12-7-10(12)2)19-15(18-13)11-4-5-11/h8,10-12H,3-7,9H2,1-2H3,(H2,16,17,18,19). The second-order valence-electron chi connectivity index (χ2n) is 6.05. The Bertz CT molecular complexity index is 442. The summed E-state index contributed by atoms with van der Waals surface area (Å²) in [5.41, 5.74) is 0. The molecule has 0 saturated heterocycles. The molecule has 1 aromatic heterocycles. The van der Waals surface area contributed by atoms with Gasteiger partial charge in [-0.25, -0.2) is 9.97 Å².